The summed E-state index contributed by atoms with van der Waals surface area (Å²) in [6.45, 7) is 1.76. The topological polar surface area (TPSA) is 88.2 Å². The molecule has 0 radical (unpaired) electrons. The predicted molar refractivity (Wildman–Crippen MR) is 102 cm³/mol. The SMILES string of the molecule is CC1Oc2ccccc2OC1C(=O)Nc1ccc2c(c1)N(C)S(=O)(=O)N2C. The van der Waals surface area contributed by atoms with Gasteiger partial charge in [-0.2, -0.15) is 8.42 Å². The Morgan fingerprint density at radius 1 is 1.00 bits per heavy atom. The molecule has 8 nitrogen and oxygen atoms in total. The van der Waals surface area contributed by atoms with Crippen molar-refractivity contribution in [2.24, 2.45) is 0 Å². The molecule has 0 aliphatic carbocycles. The van der Waals surface area contributed by atoms with Gasteiger partial charge in [-0.05, 0) is 37.3 Å². The van der Waals surface area contributed by atoms with Gasteiger partial charge in [0.25, 0.3) is 5.91 Å². The molecule has 0 spiro atoms. The summed E-state index contributed by atoms with van der Waals surface area (Å²) in [5, 5.41) is 2.78. The molecule has 2 heterocycles. The Kier molecular flexibility index (Phi) is 3.92. The van der Waals surface area contributed by atoms with Gasteiger partial charge in [0.15, 0.2) is 11.5 Å². The standard InChI is InChI=1S/C18H19N3O5S/c1-11-17(26-16-7-5-4-6-15(16)25-11)18(22)19-12-8-9-13-14(10-12)21(3)27(23,24)20(13)2/h4-11,17H,1-3H3,(H,19,22). The van der Waals surface area contributed by atoms with Gasteiger partial charge >= 0.3 is 10.2 Å². The van der Waals surface area contributed by atoms with E-state index in [1.54, 1.807) is 43.3 Å². The van der Waals surface area contributed by atoms with Crippen LogP contribution in [0.25, 0.3) is 0 Å². The minimum atomic E-state index is -3.56. The molecular formula is C18H19N3O5S. The van der Waals surface area contributed by atoms with Crippen LogP contribution >= 0.6 is 0 Å². The second-order valence-corrected chi connectivity index (χ2v) is 8.43. The summed E-state index contributed by atoms with van der Waals surface area (Å²) in [7, 11) is -0.601. The smallest absolute Gasteiger partial charge is 0.326 e. The summed E-state index contributed by atoms with van der Waals surface area (Å²) < 4.78 is 38.4. The van der Waals surface area contributed by atoms with Gasteiger partial charge in [-0.25, -0.2) is 0 Å². The van der Waals surface area contributed by atoms with Crippen molar-refractivity contribution in [1.82, 2.24) is 0 Å². The van der Waals surface area contributed by atoms with Crippen LogP contribution in [0.15, 0.2) is 42.5 Å². The maximum Gasteiger partial charge on any atom is 0.326 e. The first-order valence-electron chi connectivity index (χ1n) is 8.39. The largest absolute Gasteiger partial charge is 0.482 e. The zero-order valence-corrected chi connectivity index (χ0v) is 15.9. The quantitative estimate of drug-likeness (QED) is 0.849. The molecule has 4 rings (SSSR count). The van der Waals surface area contributed by atoms with Crippen LogP contribution in [0.3, 0.4) is 0 Å². The minimum Gasteiger partial charge on any atom is -0.482 e. The van der Waals surface area contributed by atoms with Crippen LogP contribution < -0.4 is 23.4 Å². The van der Waals surface area contributed by atoms with Crippen molar-refractivity contribution < 1.29 is 22.7 Å². The number of rotatable bonds is 2. The van der Waals surface area contributed by atoms with E-state index in [1.165, 1.54) is 22.7 Å². The molecule has 2 aromatic carbocycles. The van der Waals surface area contributed by atoms with E-state index in [4.69, 9.17) is 9.47 Å². The maximum absolute atomic E-state index is 12.7. The van der Waals surface area contributed by atoms with Gasteiger partial charge in [0, 0.05) is 19.8 Å². The fraction of sp³-hybridized carbons (Fsp3) is 0.278. The maximum atomic E-state index is 12.7. The number of carbonyl (C=O) groups is 1. The number of hydrogen-bond acceptors (Lipinski definition) is 5. The van der Waals surface area contributed by atoms with Crippen molar-refractivity contribution in [3.8, 4) is 11.5 Å². The Balaban J connectivity index is 1.56. The number of carbonyl (C=O) groups excluding carboxylic acids is 1. The molecule has 0 aromatic heterocycles. The molecule has 2 aliphatic heterocycles. The third-order valence-corrected chi connectivity index (χ3v) is 6.49. The lowest BCUT2D eigenvalue weighted by Gasteiger charge is -2.31. The Morgan fingerprint density at radius 2 is 1.63 bits per heavy atom. The number of nitrogens with one attached hydrogen (secondary N) is 1. The number of benzene rings is 2. The Bertz CT molecular complexity index is 1020. The highest BCUT2D eigenvalue weighted by Gasteiger charge is 2.37. The number of para-hydroxylation sites is 2. The Morgan fingerprint density at radius 3 is 2.33 bits per heavy atom. The molecule has 9 heteroatoms. The summed E-state index contributed by atoms with van der Waals surface area (Å²) in [4.78, 5) is 12.7. The van der Waals surface area contributed by atoms with E-state index in [2.05, 4.69) is 5.32 Å². The molecule has 142 valence electrons. The molecule has 2 atom stereocenters. The van der Waals surface area contributed by atoms with E-state index < -0.39 is 22.4 Å². The highest BCUT2D eigenvalue weighted by molar-refractivity contribution is 7.94. The van der Waals surface area contributed by atoms with E-state index in [1.807, 2.05) is 6.07 Å². The van der Waals surface area contributed by atoms with Crippen LogP contribution in [0, 0.1) is 0 Å². The normalized spacial score (nSPS) is 22.3. The van der Waals surface area contributed by atoms with Gasteiger partial charge in [0.05, 0.1) is 11.4 Å². The summed E-state index contributed by atoms with van der Waals surface area (Å²) in [5.41, 5.74) is 1.52. The molecule has 27 heavy (non-hydrogen) atoms. The average Bonchev–Trinajstić information content (AvgIpc) is 2.81. The fourth-order valence-electron chi connectivity index (χ4n) is 3.17. The molecule has 0 fully saturated rings. The van der Waals surface area contributed by atoms with Gasteiger partial charge in [0.2, 0.25) is 6.10 Å². The average molecular weight is 389 g/mol. The third kappa shape index (κ3) is 2.74. The molecule has 2 aromatic rings. The molecule has 1 amide bonds. The van der Waals surface area contributed by atoms with Crippen molar-refractivity contribution in [3.63, 3.8) is 0 Å². The molecule has 0 saturated heterocycles. The Labute approximate surface area is 157 Å². The first kappa shape index (κ1) is 17.5. The van der Waals surface area contributed by atoms with Crippen molar-refractivity contribution in [1.29, 1.82) is 0 Å². The van der Waals surface area contributed by atoms with Crippen LogP contribution in [-0.2, 0) is 15.0 Å². The van der Waals surface area contributed by atoms with Crippen molar-refractivity contribution in [2.45, 2.75) is 19.1 Å². The zero-order chi connectivity index (χ0) is 19.3. The van der Waals surface area contributed by atoms with Crippen molar-refractivity contribution in [2.75, 3.05) is 28.0 Å². The third-order valence-electron chi connectivity index (χ3n) is 4.71. The van der Waals surface area contributed by atoms with Gasteiger partial charge in [0.1, 0.15) is 6.10 Å². The van der Waals surface area contributed by atoms with E-state index in [0.29, 0.717) is 28.6 Å². The van der Waals surface area contributed by atoms with Crippen LogP contribution in [0.5, 0.6) is 11.5 Å². The van der Waals surface area contributed by atoms with Crippen LogP contribution in [0.1, 0.15) is 6.92 Å². The van der Waals surface area contributed by atoms with E-state index in [0.717, 1.165) is 0 Å². The fourth-order valence-corrected chi connectivity index (χ4v) is 4.34. The highest BCUT2D eigenvalue weighted by Crippen LogP contribution is 2.40. The number of amides is 1. The number of ether oxygens (including phenoxy) is 2. The van der Waals surface area contributed by atoms with E-state index in [9.17, 15) is 13.2 Å². The molecule has 1 N–H and O–H groups in total. The number of hydrogen-bond donors (Lipinski definition) is 1. The lowest BCUT2D eigenvalue weighted by molar-refractivity contribution is -0.128. The van der Waals surface area contributed by atoms with Gasteiger partial charge < -0.3 is 14.8 Å². The Hall–Kier alpha value is -2.94. The first-order valence-corrected chi connectivity index (χ1v) is 9.79. The number of anilines is 3. The second-order valence-electron chi connectivity index (χ2n) is 6.44. The van der Waals surface area contributed by atoms with Crippen LogP contribution in [0.4, 0.5) is 17.1 Å². The van der Waals surface area contributed by atoms with Gasteiger partial charge in [-0.3, -0.25) is 13.4 Å². The number of nitrogens with zero attached hydrogens (tertiary/aromatic N) is 2. The van der Waals surface area contributed by atoms with Crippen LogP contribution in [-0.4, -0.2) is 40.6 Å². The predicted octanol–water partition coefficient (Wildman–Crippen LogP) is 1.98. The van der Waals surface area contributed by atoms with E-state index >= 15 is 0 Å². The minimum absolute atomic E-state index is 0.367. The van der Waals surface area contributed by atoms with Crippen molar-refractivity contribution in [3.05, 3.63) is 42.5 Å². The van der Waals surface area contributed by atoms with Crippen LogP contribution in [0.2, 0.25) is 0 Å². The molecule has 2 aliphatic rings. The first-order chi connectivity index (χ1) is 12.8. The second kappa shape index (κ2) is 6.05. The molecule has 0 saturated carbocycles. The van der Waals surface area contributed by atoms with Crippen molar-refractivity contribution >= 4 is 33.2 Å². The highest BCUT2D eigenvalue weighted by atomic mass is 32.2. The lowest BCUT2D eigenvalue weighted by Crippen LogP contribution is -2.46. The zero-order valence-electron chi connectivity index (χ0n) is 15.0. The summed E-state index contributed by atoms with van der Waals surface area (Å²) in [5.74, 6) is 0.743. The molecule has 2 unspecified atom stereocenters. The molecule has 0 bridgehead atoms. The summed E-state index contributed by atoms with van der Waals surface area (Å²) in [6.07, 6.45) is -1.29. The monoisotopic (exact) mass is 389 g/mol. The van der Waals surface area contributed by atoms with Gasteiger partial charge in [-0.1, -0.05) is 12.1 Å². The van der Waals surface area contributed by atoms with Gasteiger partial charge in [-0.15, -0.1) is 0 Å². The molecular weight excluding hydrogens is 370 g/mol. The summed E-state index contributed by atoms with van der Waals surface area (Å²) in [6, 6.07) is 12.1. The summed E-state index contributed by atoms with van der Waals surface area (Å²) >= 11 is 0. The van der Waals surface area contributed by atoms with E-state index in [-0.39, 0.29) is 5.91 Å². The number of fused-ring (bicyclic) bond motifs is 2. The lowest BCUT2D eigenvalue weighted by atomic mass is 10.1.